The molecule has 0 saturated carbocycles. The molecule has 2 aromatic carbocycles. The summed E-state index contributed by atoms with van der Waals surface area (Å²) in [6.07, 6.45) is 1.75. The molecule has 0 aliphatic heterocycles. The lowest BCUT2D eigenvalue weighted by atomic mass is 9.85. The number of benzene rings is 2. The van der Waals surface area contributed by atoms with Crippen molar-refractivity contribution in [3.63, 3.8) is 0 Å². The van der Waals surface area contributed by atoms with Crippen LogP contribution in [0.1, 0.15) is 43.0 Å². The normalized spacial score (nSPS) is 12.0. The zero-order chi connectivity index (χ0) is 15.6. The van der Waals surface area contributed by atoms with Crippen LogP contribution in [0.4, 0.5) is 5.69 Å². The number of aromatic hydroxyl groups is 1. The van der Waals surface area contributed by atoms with Crippen LogP contribution in [-0.2, 0) is 5.41 Å². The van der Waals surface area contributed by atoms with E-state index in [1.807, 2.05) is 50.2 Å². The molecule has 0 heterocycles. The van der Waals surface area contributed by atoms with Crippen LogP contribution in [0.3, 0.4) is 0 Å². The number of para-hydroxylation sites is 2. The lowest BCUT2D eigenvalue weighted by Gasteiger charge is -2.21. The van der Waals surface area contributed by atoms with Gasteiger partial charge in [0.2, 0.25) is 0 Å². The first-order chi connectivity index (χ1) is 9.80. The maximum atomic E-state index is 10.4. The van der Waals surface area contributed by atoms with Gasteiger partial charge in [-0.3, -0.25) is 4.99 Å². The van der Waals surface area contributed by atoms with Crippen molar-refractivity contribution in [3.05, 3.63) is 58.7 Å². The molecule has 0 unspecified atom stereocenters. The van der Waals surface area contributed by atoms with E-state index in [-0.39, 0.29) is 5.41 Å². The minimum Gasteiger partial charge on any atom is -0.507 e. The molecule has 21 heavy (non-hydrogen) atoms. The smallest absolute Gasteiger partial charge is 0.128 e. The summed E-state index contributed by atoms with van der Waals surface area (Å²) in [5.41, 5.74) is 4.85. The highest BCUT2D eigenvalue weighted by molar-refractivity contribution is 5.86. The maximum absolute atomic E-state index is 10.4. The Morgan fingerprint density at radius 3 is 2.10 bits per heavy atom. The second-order valence-electron chi connectivity index (χ2n) is 6.49. The van der Waals surface area contributed by atoms with Gasteiger partial charge in [0.15, 0.2) is 0 Å². The van der Waals surface area contributed by atoms with E-state index in [9.17, 15) is 5.11 Å². The molecule has 0 aliphatic rings. The van der Waals surface area contributed by atoms with E-state index in [0.29, 0.717) is 5.75 Å². The maximum Gasteiger partial charge on any atom is 0.128 e. The molecule has 0 spiro atoms. The Bertz CT molecular complexity index is 658. The number of hydrogen-bond acceptors (Lipinski definition) is 2. The number of hydrogen-bond donors (Lipinski definition) is 1. The molecule has 0 fully saturated rings. The molecule has 0 radical (unpaired) electrons. The SMILES string of the molecule is Cc1cccc(C)c1/N=C/c1cccc(C(C)(C)C)c1O. The summed E-state index contributed by atoms with van der Waals surface area (Å²) in [5.74, 6) is 0.319. The summed E-state index contributed by atoms with van der Waals surface area (Å²) >= 11 is 0. The fourth-order valence-electron chi connectivity index (χ4n) is 2.41. The van der Waals surface area contributed by atoms with Gasteiger partial charge in [-0.2, -0.15) is 0 Å². The molecule has 0 amide bonds. The average Bonchev–Trinajstić information content (AvgIpc) is 2.38. The molecular formula is C19H23NO. The highest BCUT2D eigenvalue weighted by Crippen LogP contribution is 2.32. The zero-order valence-electron chi connectivity index (χ0n) is 13.4. The third-order valence-corrected chi connectivity index (χ3v) is 3.65. The van der Waals surface area contributed by atoms with E-state index >= 15 is 0 Å². The van der Waals surface area contributed by atoms with Crippen molar-refractivity contribution in [2.45, 2.75) is 40.0 Å². The lowest BCUT2D eigenvalue weighted by molar-refractivity contribution is 0.446. The predicted molar refractivity (Wildman–Crippen MR) is 90.0 cm³/mol. The Kier molecular flexibility index (Phi) is 4.17. The van der Waals surface area contributed by atoms with Crippen LogP contribution < -0.4 is 0 Å². The monoisotopic (exact) mass is 281 g/mol. The lowest BCUT2D eigenvalue weighted by Crippen LogP contribution is -2.11. The molecule has 2 aromatic rings. The van der Waals surface area contributed by atoms with E-state index in [2.05, 4.69) is 25.8 Å². The Morgan fingerprint density at radius 1 is 0.952 bits per heavy atom. The Morgan fingerprint density at radius 2 is 1.52 bits per heavy atom. The quantitative estimate of drug-likeness (QED) is 0.767. The summed E-state index contributed by atoms with van der Waals surface area (Å²) in [7, 11) is 0. The minimum absolute atomic E-state index is 0.0908. The minimum atomic E-state index is -0.0908. The van der Waals surface area contributed by atoms with E-state index in [0.717, 1.165) is 27.9 Å². The largest absolute Gasteiger partial charge is 0.507 e. The zero-order valence-corrected chi connectivity index (χ0v) is 13.4. The molecular weight excluding hydrogens is 258 g/mol. The molecule has 2 nitrogen and oxygen atoms in total. The van der Waals surface area contributed by atoms with Crippen LogP contribution in [-0.4, -0.2) is 11.3 Å². The first-order valence-corrected chi connectivity index (χ1v) is 7.23. The summed E-state index contributed by atoms with van der Waals surface area (Å²) < 4.78 is 0. The Balaban J connectivity index is 2.43. The molecule has 0 bridgehead atoms. The number of phenolic OH excluding ortho intramolecular Hbond substituents is 1. The highest BCUT2D eigenvalue weighted by atomic mass is 16.3. The van der Waals surface area contributed by atoms with Gasteiger partial charge in [0.25, 0.3) is 0 Å². The molecule has 0 aliphatic carbocycles. The van der Waals surface area contributed by atoms with E-state index < -0.39 is 0 Å². The van der Waals surface area contributed by atoms with E-state index in [4.69, 9.17) is 0 Å². The summed E-state index contributed by atoms with van der Waals surface area (Å²) in [4.78, 5) is 4.57. The van der Waals surface area contributed by atoms with Gasteiger partial charge in [-0.25, -0.2) is 0 Å². The number of rotatable bonds is 2. The van der Waals surface area contributed by atoms with Crippen LogP contribution in [0, 0.1) is 13.8 Å². The predicted octanol–water partition coefficient (Wildman–Crippen LogP) is 5.06. The van der Waals surface area contributed by atoms with Crippen LogP contribution in [0.5, 0.6) is 5.75 Å². The molecule has 0 saturated heterocycles. The average molecular weight is 281 g/mol. The molecule has 1 N–H and O–H groups in total. The Labute approximate surface area is 127 Å². The van der Waals surface area contributed by atoms with Crippen molar-refractivity contribution in [3.8, 4) is 5.75 Å². The second kappa shape index (κ2) is 5.72. The van der Waals surface area contributed by atoms with Gasteiger partial charge in [-0.05, 0) is 42.0 Å². The molecule has 2 heteroatoms. The number of phenols is 1. The van der Waals surface area contributed by atoms with Crippen LogP contribution in [0.15, 0.2) is 41.4 Å². The van der Waals surface area contributed by atoms with Gasteiger partial charge in [0, 0.05) is 11.8 Å². The summed E-state index contributed by atoms with van der Waals surface area (Å²) in [6, 6.07) is 11.9. The number of aryl methyl sites for hydroxylation is 2. The standard InChI is InChI=1S/C19H23NO/c1-13-8-6-9-14(2)17(13)20-12-15-10-7-11-16(18(15)21)19(3,4)5/h6-12,21H,1-5H3/b20-12+. The van der Waals surface area contributed by atoms with Crippen LogP contribution in [0.2, 0.25) is 0 Å². The van der Waals surface area contributed by atoms with Gasteiger partial charge >= 0.3 is 0 Å². The molecule has 0 aromatic heterocycles. The third-order valence-electron chi connectivity index (χ3n) is 3.65. The van der Waals surface area contributed by atoms with Crippen molar-refractivity contribution in [1.29, 1.82) is 0 Å². The van der Waals surface area contributed by atoms with Crippen molar-refractivity contribution in [2.75, 3.05) is 0 Å². The van der Waals surface area contributed by atoms with Crippen molar-refractivity contribution < 1.29 is 5.11 Å². The third kappa shape index (κ3) is 3.33. The van der Waals surface area contributed by atoms with E-state index in [1.54, 1.807) is 6.21 Å². The first-order valence-electron chi connectivity index (χ1n) is 7.23. The van der Waals surface area contributed by atoms with E-state index in [1.165, 1.54) is 0 Å². The molecule has 110 valence electrons. The van der Waals surface area contributed by atoms with Gasteiger partial charge in [0.1, 0.15) is 5.75 Å². The topological polar surface area (TPSA) is 32.6 Å². The number of nitrogens with zero attached hydrogens (tertiary/aromatic N) is 1. The van der Waals surface area contributed by atoms with Gasteiger partial charge in [-0.1, -0.05) is 51.1 Å². The second-order valence-corrected chi connectivity index (χ2v) is 6.49. The Hall–Kier alpha value is -2.09. The van der Waals surface area contributed by atoms with Crippen LogP contribution >= 0.6 is 0 Å². The highest BCUT2D eigenvalue weighted by Gasteiger charge is 2.19. The van der Waals surface area contributed by atoms with Gasteiger partial charge in [0.05, 0.1) is 5.69 Å². The fourth-order valence-corrected chi connectivity index (χ4v) is 2.41. The number of aliphatic imine (C=N–C) groups is 1. The summed E-state index contributed by atoms with van der Waals surface area (Å²) in [5, 5.41) is 10.4. The van der Waals surface area contributed by atoms with Crippen molar-refractivity contribution in [2.24, 2.45) is 4.99 Å². The first kappa shape index (κ1) is 15.3. The van der Waals surface area contributed by atoms with Crippen molar-refractivity contribution in [1.82, 2.24) is 0 Å². The van der Waals surface area contributed by atoms with Gasteiger partial charge < -0.3 is 5.11 Å². The fraction of sp³-hybridized carbons (Fsp3) is 0.316. The summed E-state index contributed by atoms with van der Waals surface area (Å²) in [6.45, 7) is 10.4. The molecule has 2 rings (SSSR count). The molecule has 0 atom stereocenters. The van der Waals surface area contributed by atoms with Gasteiger partial charge in [-0.15, -0.1) is 0 Å². The van der Waals surface area contributed by atoms with Crippen molar-refractivity contribution >= 4 is 11.9 Å². The van der Waals surface area contributed by atoms with Crippen LogP contribution in [0.25, 0.3) is 0 Å².